The van der Waals surface area contributed by atoms with Gasteiger partial charge in [-0.25, -0.2) is 0 Å². The zero-order valence-electron chi connectivity index (χ0n) is 48.2. The molecule has 20 nitrogen and oxygen atoms in total. The second-order valence-electron chi connectivity index (χ2n) is 22.2. The number of amides is 6. The molecule has 4 aliphatic heterocycles. The number of carbonyl (C=O) groups excluding carboxylic acids is 8. The molecule has 0 radical (unpaired) electrons. The maximum Gasteiger partial charge on any atom is 0.246 e. The Morgan fingerprint density at radius 3 is 1.64 bits per heavy atom. The first-order chi connectivity index (χ1) is 39.3. The Hall–Kier alpha value is -5.64. The number of benzene rings is 2. The first kappa shape index (κ1) is 64.5. The molecule has 0 aliphatic carbocycles. The van der Waals surface area contributed by atoms with Crippen LogP contribution in [0.1, 0.15) is 147 Å². The van der Waals surface area contributed by atoms with Gasteiger partial charge in [0, 0.05) is 75.7 Å². The highest BCUT2D eigenvalue weighted by atomic mass is 16.5. The molecule has 0 spiro atoms. The summed E-state index contributed by atoms with van der Waals surface area (Å²) in [6.07, 6.45) is 7.92. The lowest BCUT2D eigenvalue weighted by Crippen LogP contribution is -2.58. The summed E-state index contributed by atoms with van der Waals surface area (Å²) in [4.78, 5) is 114. The minimum absolute atomic E-state index is 0.0946. The summed E-state index contributed by atoms with van der Waals surface area (Å²) < 4.78 is 17.2. The Balaban J connectivity index is 0.868. The van der Waals surface area contributed by atoms with Crippen molar-refractivity contribution in [3.63, 3.8) is 0 Å². The Bertz CT molecular complexity index is 2180. The van der Waals surface area contributed by atoms with Crippen LogP contribution in [0.25, 0.3) is 0 Å². The molecule has 7 N–H and O–H groups in total. The predicted molar refractivity (Wildman–Crippen MR) is 303 cm³/mol. The Morgan fingerprint density at radius 1 is 0.593 bits per heavy atom. The number of Topliss-reactive ketones (excluding diaryl/α,β-unsaturated/α-hetero) is 2. The van der Waals surface area contributed by atoms with Crippen molar-refractivity contribution in [2.24, 2.45) is 17.8 Å². The molecule has 0 unspecified atom stereocenters. The minimum atomic E-state index is -0.980. The molecule has 0 bridgehead atoms. The molecule has 81 heavy (non-hydrogen) atoms. The third-order valence-corrected chi connectivity index (χ3v) is 17.0. The SMILES string of the molecule is CCC(CC)C(=O)N[C@@H]1C(=O)N2[C@@H](CC[C@@H]1CO)CC[C@H]2C(=O)C[C@H](C(=O)NCCCOCCOCCOCCCCC(=O)[C@@H](NC(=O)[C@@H]1CC[C@@H]2CC[C@H](CO)[C@H](NC(=O)[C@H](CC)NC)C(=O)N21)c1ccccc1)c1ccccc1. The van der Waals surface area contributed by atoms with Gasteiger partial charge in [0.1, 0.15) is 24.2 Å². The Labute approximate surface area is 478 Å². The fraction of sp³-hybridized carbons (Fsp3) is 0.672. The van der Waals surface area contributed by atoms with E-state index in [0.717, 1.165) is 0 Å². The highest BCUT2D eigenvalue weighted by Crippen LogP contribution is 2.37. The highest BCUT2D eigenvalue weighted by molar-refractivity contribution is 5.98. The Morgan fingerprint density at radius 2 is 1.10 bits per heavy atom. The number of hydrogen-bond acceptors (Lipinski definition) is 14. The number of aliphatic hydroxyl groups is 2. The molecule has 448 valence electrons. The number of likely N-dealkylation sites (N-methyl/N-ethyl adjacent to an activating group) is 1. The molecule has 4 fully saturated rings. The van der Waals surface area contributed by atoms with Crippen LogP contribution in [0, 0.1) is 17.8 Å². The summed E-state index contributed by atoms with van der Waals surface area (Å²) in [6.45, 7) is 7.65. The van der Waals surface area contributed by atoms with Crippen molar-refractivity contribution in [1.82, 2.24) is 36.4 Å². The van der Waals surface area contributed by atoms with Gasteiger partial charge in [0.2, 0.25) is 35.4 Å². The highest BCUT2D eigenvalue weighted by Gasteiger charge is 2.50. The first-order valence-corrected chi connectivity index (χ1v) is 29.9. The van der Waals surface area contributed by atoms with E-state index in [9.17, 15) is 48.6 Å². The van der Waals surface area contributed by atoms with Crippen LogP contribution in [0.4, 0.5) is 0 Å². The van der Waals surface area contributed by atoms with Crippen LogP contribution in [0.2, 0.25) is 0 Å². The molecule has 0 aromatic heterocycles. The average Bonchev–Trinajstić information content (AvgIpc) is 4.23. The van der Waals surface area contributed by atoms with E-state index in [1.54, 1.807) is 29.0 Å². The maximum atomic E-state index is 14.2. The van der Waals surface area contributed by atoms with E-state index < -0.39 is 65.8 Å². The molecule has 2 aromatic carbocycles. The molecule has 0 saturated carbocycles. The lowest BCUT2D eigenvalue weighted by atomic mass is 9.89. The maximum absolute atomic E-state index is 14.2. The zero-order valence-corrected chi connectivity index (χ0v) is 48.2. The van der Waals surface area contributed by atoms with Gasteiger partial charge < -0.3 is 60.8 Å². The second kappa shape index (κ2) is 33.5. The van der Waals surface area contributed by atoms with Gasteiger partial charge in [0.15, 0.2) is 11.6 Å². The largest absolute Gasteiger partial charge is 0.396 e. The lowest BCUT2D eigenvalue weighted by Gasteiger charge is -2.33. The van der Waals surface area contributed by atoms with Crippen LogP contribution in [0.5, 0.6) is 0 Å². The summed E-state index contributed by atoms with van der Waals surface area (Å²) in [6, 6.07) is 12.9. The Kier molecular flexibility index (Phi) is 26.7. The molecular formula is C61H91N7O13. The summed E-state index contributed by atoms with van der Waals surface area (Å²) >= 11 is 0. The van der Waals surface area contributed by atoms with Gasteiger partial charge in [-0.05, 0) is 108 Å². The van der Waals surface area contributed by atoms with E-state index in [0.29, 0.717) is 147 Å². The van der Waals surface area contributed by atoms with Crippen molar-refractivity contribution in [3.05, 3.63) is 71.8 Å². The van der Waals surface area contributed by atoms with Crippen LogP contribution >= 0.6 is 0 Å². The van der Waals surface area contributed by atoms with Crippen molar-refractivity contribution >= 4 is 47.0 Å². The van der Waals surface area contributed by atoms with Gasteiger partial charge >= 0.3 is 0 Å². The summed E-state index contributed by atoms with van der Waals surface area (Å²) in [7, 11) is 1.67. The number of rotatable bonds is 34. The number of ether oxygens (including phenoxy) is 3. The molecular weight excluding hydrogens is 1040 g/mol. The van der Waals surface area contributed by atoms with Gasteiger partial charge in [-0.1, -0.05) is 81.4 Å². The number of unbranched alkanes of at least 4 members (excludes halogenated alkanes) is 1. The average molecular weight is 1130 g/mol. The number of hydrogen-bond donors (Lipinski definition) is 7. The molecule has 4 aliphatic rings. The normalized spacial score (nSPS) is 23.8. The molecule has 4 saturated heterocycles. The van der Waals surface area contributed by atoms with Crippen LogP contribution in [-0.2, 0) is 52.6 Å². The van der Waals surface area contributed by atoms with Crippen LogP contribution in [-0.4, -0.2) is 176 Å². The van der Waals surface area contributed by atoms with Crippen LogP contribution in [0.3, 0.4) is 0 Å². The third-order valence-electron chi connectivity index (χ3n) is 17.0. The second-order valence-corrected chi connectivity index (χ2v) is 22.2. The first-order valence-electron chi connectivity index (χ1n) is 29.9. The van der Waals surface area contributed by atoms with Crippen molar-refractivity contribution in [2.45, 2.75) is 178 Å². The van der Waals surface area contributed by atoms with E-state index in [1.165, 1.54) is 0 Å². The van der Waals surface area contributed by atoms with E-state index in [2.05, 4.69) is 26.6 Å². The van der Waals surface area contributed by atoms with Gasteiger partial charge in [-0.3, -0.25) is 38.4 Å². The van der Waals surface area contributed by atoms with E-state index in [-0.39, 0.29) is 79.3 Å². The predicted octanol–water partition coefficient (Wildman–Crippen LogP) is 3.81. The van der Waals surface area contributed by atoms with Crippen LogP contribution < -0.4 is 26.6 Å². The number of carbonyl (C=O) groups is 8. The van der Waals surface area contributed by atoms with Crippen molar-refractivity contribution in [2.75, 3.05) is 66.4 Å². The quantitative estimate of drug-likeness (QED) is 0.0492. The van der Waals surface area contributed by atoms with Gasteiger partial charge in [-0.15, -0.1) is 0 Å². The molecule has 4 heterocycles. The molecule has 20 heteroatoms. The fourth-order valence-corrected chi connectivity index (χ4v) is 12.2. The van der Waals surface area contributed by atoms with E-state index in [4.69, 9.17) is 14.2 Å². The molecule has 6 rings (SSSR count). The van der Waals surface area contributed by atoms with Gasteiger partial charge in [0.05, 0.1) is 44.4 Å². The summed E-state index contributed by atoms with van der Waals surface area (Å²) in [5.74, 6) is -4.36. The molecule has 2 aromatic rings. The third kappa shape index (κ3) is 17.7. The molecule has 6 amide bonds. The van der Waals surface area contributed by atoms with Crippen molar-refractivity contribution in [1.29, 1.82) is 0 Å². The number of nitrogens with one attached hydrogen (secondary N) is 5. The smallest absolute Gasteiger partial charge is 0.246 e. The topological polar surface area (TPSA) is 271 Å². The standard InChI is InChI=1S/C61H91N7O13/c1-5-40(6-2)56(73)65-54-43(38-69)22-24-45-26-28-49(67(45)60(54)77)52(72)37-47(41-17-10-8-11-18-41)57(74)63-30-16-32-80-34-36-81-35-33-79-31-15-14-21-51(71)53(42-19-12-9-13-20-42)64-59(76)50-29-27-46-25-23-44(39-70)55(61(78)68(46)50)66-58(75)48(7-3)62-4/h8-13,17-20,40,43-50,53-55,62,69-70H,5-7,14-16,21-39H2,1-4H3,(H,63,74)(H,64,76)(H,65,73)(H,66,75)/t43-,44-,45+,46+,47+,48+,49+,50+,53+,54+,55+/m1/s1. The lowest BCUT2D eigenvalue weighted by molar-refractivity contribution is -0.144. The van der Waals surface area contributed by atoms with E-state index >= 15 is 0 Å². The van der Waals surface area contributed by atoms with Gasteiger partial charge in [0.25, 0.3) is 0 Å². The fourth-order valence-electron chi connectivity index (χ4n) is 12.2. The summed E-state index contributed by atoms with van der Waals surface area (Å²) in [5, 5.41) is 35.2. The van der Waals surface area contributed by atoms with Crippen LogP contribution in [0.15, 0.2) is 60.7 Å². The van der Waals surface area contributed by atoms with Gasteiger partial charge in [-0.2, -0.15) is 0 Å². The number of aliphatic hydroxyl groups excluding tert-OH is 2. The zero-order chi connectivity index (χ0) is 58.3. The minimum Gasteiger partial charge on any atom is -0.396 e. The van der Waals surface area contributed by atoms with Crippen molar-refractivity contribution in [3.8, 4) is 0 Å². The monoisotopic (exact) mass is 1130 g/mol. The molecule has 11 atom stereocenters. The number of nitrogens with zero attached hydrogens (tertiary/aromatic N) is 2. The number of ketones is 2. The van der Waals surface area contributed by atoms with E-state index in [1.807, 2.05) is 69.3 Å². The number of fused-ring (bicyclic) bond motifs is 2. The van der Waals surface area contributed by atoms with Crippen molar-refractivity contribution < 1.29 is 62.8 Å². The summed E-state index contributed by atoms with van der Waals surface area (Å²) in [5.41, 5.74) is 1.33.